The second kappa shape index (κ2) is 8.08. The molecule has 3 aromatic rings. The number of esters is 1. The molecular weight excluding hydrogens is 362 g/mol. The van der Waals surface area contributed by atoms with E-state index in [1.165, 1.54) is 6.26 Å². The van der Waals surface area contributed by atoms with E-state index in [1.807, 2.05) is 13.8 Å². The average Bonchev–Trinajstić information content (AvgIpc) is 3.33. The van der Waals surface area contributed by atoms with Crippen molar-refractivity contribution in [3.05, 3.63) is 47.9 Å². The van der Waals surface area contributed by atoms with Crippen LogP contribution in [-0.2, 0) is 9.53 Å². The number of rotatable bonds is 7. The minimum atomic E-state index is -0.661. The van der Waals surface area contributed by atoms with E-state index in [1.54, 1.807) is 30.0 Å². The number of hydrogen-bond acceptors (Lipinski definition) is 7. The molecule has 8 nitrogen and oxygen atoms in total. The molecule has 3 heterocycles. The molecule has 0 atom stereocenters. The summed E-state index contributed by atoms with van der Waals surface area (Å²) in [6.45, 7) is 9.74. The number of furan rings is 1. The molecule has 0 unspecified atom stereocenters. The zero-order chi connectivity index (χ0) is 20.3. The van der Waals surface area contributed by atoms with Crippen LogP contribution in [0.2, 0.25) is 0 Å². The molecule has 3 aromatic heterocycles. The van der Waals surface area contributed by atoms with Crippen molar-refractivity contribution in [3.63, 3.8) is 0 Å². The van der Waals surface area contributed by atoms with Crippen LogP contribution in [0, 0.1) is 6.92 Å². The first-order valence-electron chi connectivity index (χ1n) is 8.80. The number of ether oxygens (including phenoxy) is 1. The van der Waals surface area contributed by atoms with Crippen LogP contribution in [-0.4, -0.2) is 46.6 Å². The quantitative estimate of drug-likeness (QED) is 0.455. The van der Waals surface area contributed by atoms with Gasteiger partial charge in [-0.1, -0.05) is 17.3 Å². The first-order valence-corrected chi connectivity index (χ1v) is 8.80. The lowest BCUT2D eigenvalue weighted by Crippen LogP contribution is -2.35. The van der Waals surface area contributed by atoms with Gasteiger partial charge in [-0.25, -0.2) is 9.78 Å². The second-order valence-electron chi connectivity index (χ2n) is 6.42. The maximum absolute atomic E-state index is 12.7. The Morgan fingerprint density at radius 1 is 1.36 bits per heavy atom. The summed E-state index contributed by atoms with van der Waals surface area (Å²) >= 11 is 0. The maximum Gasteiger partial charge on any atom is 0.339 e. The van der Waals surface area contributed by atoms with Gasteiger partial charge in [0.1, 0.15) is 5.69 Å². The summed E-state index contributed by atoms with van der Waals surface area (Å²) in [7, 11) is 0. The highest BCUT2D eigenvalue weighted by Gasteiger charge is 2.22. The fraction of sp³-hybridized carbons (Fsp3) is 0.300. The lowest BCUT2D eigenvalue weighted by molar-refractivity contribution is -0.133. The summed E-state index contributed by atoms with van der Waals surface area (Å²) < 4.78 is 15.8. The van der Waals surface area contributed by atoms with Crippen LogP contribution in [0.3, 0.4) is 0 Å². The molecule has 0 fully saturated rings. The Morgan fingerprint density at radius 3 is 2.79 bits per heavy atom. The molecule has 0 radical (unpaired) electrons. The van der Waals surface area contributed by atoms with Gasteiger partial charge in [0.05, 0.1) is 22.9 Å². The Kier molecular flexibility index (Phi) is 5.58. The van der Waals surface area contributed by atoms with Gasteiger partial charge in [0.2, 0.25) is 0 Å². The Morgan fingerprint density at radius 2 is 2.14 bits per heavy atom. The third-order valence-electron chi connectivity index (χ3n) is 4.13. The topological polar surface area (TPSA) is 98.7 Å². The van der Waals surface area contributed by atoms with Crippen molar-refractivity contribution in [2.24, 2.45) is 0 Å². The highest BCUT2D eigenvalue weighted by Crippen LogP contribution is 2.27. The van der Waals surface area contributed by atoms with Crippen LogP contribution < -0.4 is 0 Å². The molecule has 146 valence electrons. The molecule has 0 spiro atoms. The van der Waals surface area contributed by atoms with E-state index >= 15 is 0 Å². The normalized spacial score (nSPS) is 10.8. The number of aryl methyl sites for hydroxylation is 1. The van der Waals surface area contributed by atoms with Crippen LogP contribution in [0.4, 0.5) is 0 Å². The van der Waals surface area contributed by atoms with E-state index in [9.17, 15) is 9.59 Å². The molecule has 3 rings (SSSR count). The number of aromatic nitrogens is 2. The van der Waals surface area contributed by atoms with Gasteiger partial charge in [0.15, 0.2) is 12.4 Å². The molecule has 0 saturated heterocycles. The maximum atomic E-state index is 12.7. The summed E-state index contributed by atoms with van der Waals surface area (Å²) in [5.41, 5.74) is 2.17. The number of nitrogens with zero attached hydrogens (tertiary/aromatic N) is 3. The summed E-state index contributed by atoms with van der Waals surface area (Å²) in [6.07, 6.45) is 1.50. The lowest BCUT2D eigenvalue weighted by Gasteiger charge is -2.20. The zero-order valence-electron chi connectivity index (χ0n) is 16.0. The second-order valence-corrected chi connectivity index (χ2v) is 6.42. The van der Waals surface area contributed by atoms with Gasteiger partial charge in [-0.15, -0.1) is 0 Å². The molecule has 0 aromatic carbocycles. The summed E-state index contributed by atoms with van der Waals surface area (Å²) in [5.74, 6) is -0.483. The number of amides is 1. The summed E-state index contributed by atoms with van der Waals surface area (Å²) in [6, 6.07) is 4.97. The number of carbonyl (C=O) groups is 2. The molecule has 0 aliphatic carbocycles. The number of carbonyl (C=O) groups excluding carboxylic acids is 2. The minimum Gasteiger partial charge on any atom is -0.463 e. The van der Waals surface area contributed by atoms with E-state index in [2.05, 4.69) is 16.7 Å². The van der Waals surface area contributed by atoms with Gasteiger partial charge in [-0.3, -0.25) is 4.79 Å². The minimum absolute atomic E-state index is 0.196. The van der Waals surface area contributed by atoms with Crippen LogP contribution >= 0.6 is 0 Å². The Balaban J connectivity index is 1.85. The van der Waals surface area contributed by atoms with Crippen molar-refractivity contribution in [2.75, 3.05) is 19.7 Å². The molecule has 0 bridgehead atoms. The van der Waals surface area contributed by atoms with Gasteiger partial charge in [-0.05, 0) is 39.0 Å². The van der Waals surface area contributed by atoms with Crippen molar-refractivity contribution >= 4 is 23.0 Å². The Hall–Kier alpha value is -3.42. The third-order valence-corrected chi connectivity index (χ3v) is 4.13. The monoisotopic (exact) mass is 383 g/mol. The third kappa shape index (κ3) is 3.95. The predicted octanol–water partition coefficient (Wildman–Crippen LogP) is 3.37. The van der Waals surface area contributed by atoms with E-state index in [-0.39, 0.29) is 23.8 Å². The smallest absolute Gasteiger partial charge is 0.339 e. The molecule has 0 aliphatic heterocycles. The Labute approximate surface area is 161 Å². The van der Waals surface area contributed by atoms with Crippen molar-refractivity contribution < 1.29 is 23.3 Å². The number of likely N-dealkylation sites (N-methyl/N-ethyl adjacent to an activating group) is 1. The van der Waals surface area contributed by atoms with E-state index in [0.717, 1.165) is 5.57 Å². The van der Waals surface area contributed by atoms with Crippen molar-refractivity contribution in [1.82, 2.24) is 15.0 Å². The van der Waals surface area contributed by atoms with Gasteiger partial charge >= 0.3 is 5.97 Å². The Bertz CT molecular complexity index is 1020. The predicted molar refractivity (Wildman–Crippen MR) is 102 cm³/mol. The molecule has 0 N–H and O–H groups in total. The van der Waals surface area contributed by atoms with E-state index in [4.69, 9.17) is 13.7 Å². The van der Waals surface area contributed by atoms with Crippen LogP contribution in [0.25, 0.3) is 22.6 Å². The lowest BCUT2D eigenvalue weighted by atomic mass is 10.1. The van der Waals surface area contributed by atoms with E-state index < -0.39 is 5.97 Å². The van der Waals surface area contributed by atoms with Gasteiger partial charge in [-0.2, -0.15) is 0 Å². The highest BCUT2D eigenvalue weighted by molar-refractivity contribution is 6.04. The molecule has 8 heteroatoms. The average molecular weight is 383 g/mol. The fourth-order valence-electron chi connectivity index (χ4n) is 2.80. The van der Waals surface area contributed by atoms with Crippen molar-refractivity contribution in [2.45, 2.75) is 20.8 Å². The first kappa shape index (κ1) is 19.3. The SMILES string of the molecule is C=C(C)CN(CC)C(=O)COC(=O)c1cc(-c2ccco2)nc2onc(C)c12. The van der Waals surface area contributed by atoms with Crippen LogP contribution in [0.1, 0.15) is 29.9 Å². The van der Waals surface area contributed by atoms with E-state index in [0.29, 0.717) is 35.6 Å². The van der Waals surface area contributed by atoms with Crippen molar-refractivity contribution in [1.29, 1.82) is 0 Å². The number of fused-ring (bicyclic) bond motifs is 1. The van der Waals surface area contributed by atoms with Crippen LogP contribution in [0.15, 0.2) is 45.6 Å². The molecule has 0 saturated carbocycles. The molecule has 0 aliphatic rings. The zero-order valence-corrected chi connectivity index (χ0v) is 16.0. The largest absolute Gasteiger partial charge is 0.463 e. The number of hydrogen-bond donors (Lipinski definition) is 0. The van der Waals surface area contributed by atoms with Crippen LogP contribution in [0.5, 0.6) is 0 Å². The number of pyridine rings is 1. The highest BCUT2D eigenvalue weighted by atomic mass is 16.5. The van der Waals surface area contributed by atoms with Crippen molar-refractivity contribution in [3.8, 4) is 11.5 Å². The molecule has 1 amide bonds. The molecule has 28 heavy (non-hydrogen) atoms. The summed E-state index contributed by atoms with van der Waals surface area (Å²) in [5, 5.41) is 4.32. The summed E-state index contributed by atoms with van der Waals surface area (Å²) in [4.78, 5) is 31.0. The fourth-order valence-corrected chi connectivity index (χ4v) is 2.80. The standard InChI is InChI=1S/C20H21N3O5/c1-5-23(10-12(2)3)17(24)11-27-20(25)14-9-15(16-7-6-8-26-16)21-19-18(14)13(4)22-28-19/h6-9H,2,5,10-11H2,1,3-4H3. The van der Waals surface area contributed by atoms with Gasteiger partial charge in [0.25, 0.3) is 11.6 Å². The molecular formula is C20H21N3O5. The van der Waals surface area contributed by atoms with Gasteiger partial charge < -0.3 is 18.6 Å². The van der Waals surface area contributed by atoms with Gasteiger partial charge in [0, 0.05) is 13.1 Å². The first-order chi connectivity index (χ1) is 13.4.